The van der Waals surface area contributed by atoms with Crippen LogP contribution in [0.25, 0.3) is 33.4 Å². The highest BCUT2D eigenvalue weighted by Gasteiger charge is 2.38. The fraction of sp³-hybridized carbons (Fsp3) is 0.190. The van der Waals surface area contributed by atoms with Gasteiger partial charge in [0.1, 0.15) is 11.5 Å². The molecule has 8 heteroatoms. The van der Waals surface area contributed by atoms with Crippen LogP contribution in [0.3, 0.4) is 0 Å². The molecule has 2 aliphatic rings. The summed E-state index contributed by atoms with van der Waals surface area (Å²) in [4.78, 5) is 27.6. The number of para-hydroxylation sites is 2. The lowest BCUT2D eigenvalue weighted by Crippen LogP contribution is -2.20. The molecule has 4 aromatic carbocycles. The third kappa shape index (κ3) is 5.62. The molecule has 0 bridgehead atoms. The molecule has 0 atom stereocenters. The van der Waals surface area contributed by atoms with Crippen molar-refractivity contribution >= 4 is 45.2 Å². The fourth-order valence-electron chi connectivity index (χ4n) is 7.01. The normalized spacial score (nSPS) is 16.1. The maximum Gasteiger partial charge on any atom is 0.229 e. The molecule has 6 rings (SSSR count). The second-order valence-electron chi connectivity index (χ2n) is 13.3. The number of phenolic OH excluding ortho intramolecular Hbond substituents is 2. The van der Waals surface area contributed by atoms with E-state index in [0.717, 1.165) is 0 Å². The van der Waals surface area contributed by atoms with Gasteiger partial charge < -0.3 is 31.1 Å². The van der Waals surface area contributed by atoms with Gasteiger partial charge in [-0.1, -0.05) is 76.2 Å². The lowest BCUT2D eigenvalue weighted by Gasteiger charge is -2.29. The minimum Gasteiger partial charge on any atom is -0.507 e. The van der Waals surface area contributed by atoms with Crippen LogP contribution < -0.4 is 10.6 Å². The van der Waals surface area contributed by atoms with Crippen molar-refractivity contribution in [1.29, 1.82) is 0 Å². The maximum absolute atomic E-state index is 13.8. The standard InChI is InChI=1S/C42H40N2O6/c1-21(2)31-27-17-23(5)33(39(47)35(27)29(37(45)41(31)49)19-43-25-13-9-7-10-14-25)34-24(6)18-28-32(22(3)4)42(50)38(46)30(36(28)40(34)48)20-44-26-15-11-8-12-16-26/h7-22,43-44,47-50H,1-6H3/b29-19-,30-20+. The number of benzene rings is 4. The first-order chi connectivity index (χ1) is 23.8. The average Bonchev–Trinajstić information content (AvgIpc) is 3.07. The quantitative estimate of drug-likeness (QED) is 0.107. The SMILES string of the molecule is Cc1cc2c(c(O)c1-c1c(C)cc3c(c1O)/C(=C\Nc1ccccc1)C(=O)C(O)=C3C(C)C)/C(=C/Nc1ccccc1)C(=O)C(O)=C2C(C)C. The van der Waals surface area contributed by atoms with E-state index in [1.807, 2.05) is 88.4 Å². The Balaban J connectivity index is 1.63. The molecule has 0 radical (unpaired) electrons. The molecule has 4 aromatic rings. The molecule has 0 aromatic heterocycles. The van der Waals surface area contributed by atoms with E-state index in [1.165, 1.54) is 12.4 Å². The predicted octanol–water partition coefficient (Wildman–Crippen LogP) is 9.30. The molecule has 0 unspecified atom stereocenters. The molecule has 50 heavy (non-hydrogen) atoms. The van der Waals surface area contributed by atoms with E-state index in [2.05, 4.69) is 10.6 Å². The topological polar surface area (TPSA) is 139 Å². The van der Waals surface area contributed by atoms with E-state index in [0.29, 0.717) is 44.8 Å². The summed E-state index contributed by atoms with van der Waals surface area (Å²) in [6.07, 6.45) is 2.94. The van der Waals surface area contributed by atoms with Gasteiger partial charge in [-0.3, -0.25) is 9.59 Å². The molecule has 8 nitrogen and oxygen atoms in total. The van der Waals surface area contributed by atoms with Gasteiger partial charge in [0.25, 0.3) is 0 Å². The van der Waals surface area contributed by atoms with Gasteiger partial charge in [-0.25, -0.2) is 0 Å². The van der Waals surface area contributed by atoms with Crippen molar-refractivity contribution in [2.24, 2.45) is 11.8 Å². The van der Waals surface area contributed by atoms with Crippen molar-refractivity contribution in [2.45, 2.75) is 41.5 Å². The molecular formula is C42H40N2O6. The Labute approximate surface area is 291 Å². The lowest BCUT2D eigenvalue weighted by atomic mass is 9.75. The number of allylic oxidation sites excluding steroid dienone is 4. The Morgan fingerprint density at radius 2 is 0.880 bits per heavy atom. The van der Waals surface area contributed by atoms with E-state index in [-0.39, 0.29) is 68.3 Å². The largest absolute Gasteiger partial charge is 0.507 e. The number of Topliss-reactive ketones (excluding diaryl/α,β-unsaturated/α-hetero) is 2. The summed E-state index contributed by atoms with van der Waals surface area (Å²) in [5, 5.41) is 53.1. The van der Waals surface area contributed by atoms with Gasteiger partial charge in [0, 0.05) is 57.2 Å². The molecule has 0 amide bonds. The van der Waals surface area contributed by atoms with E-state index in [9.17, 15) is 30.0 Å². The fourth-order valence-corrected chi connectivity index (χ4v) is 7.01. The minimum atomic E-state index is -0.647. The highest BCUT2D eigenvalue weighted by molar-refractivity contribution is 6.35. The lowest BCUT2D eigenvalue weighted by molar-refractivity contribution is -0.113. The van der Waals surface area contributed by atoms with Crippen LogP contribution in [-0.4, -0.2) is 32.0 Å². The first-order valence-corrected chi connectivity index (χ1v) is 16.6. The Bertz CT molecular complexity index is 2030. The van der Waals surface area contributed by atoms with Crippen LogP contribution in [0, 0.1) is 25.7 Å². The van der Waals surface area contributed by atoms with E-state index in [4.69, 9.17) is 0 Å². The van der Waals surface area contributed by atoms with Crippen molar-refractivity contribution in [2.75, 3.05) is 10.6 Å². The zero-order valence-corrected chi connectivity index (χ0v) is 28.8. The Morgan fingerprint density at radius 3 is 1.20 bits per heavy atom. The van der Waals surface area contributed by atoms with Gasteiger partial charge in [0.15, 0.2) is 11.5 Å². The van der Waals surface area contributed by atoms with Crippen molar-refractivity contribution in [3.63, 3.8) is 0 Å². The second-order valence-corrected chi connectivity index (χ2v) is 13.3. The molecule has 254 valence electrons. The Kier molecular flexibility index (Phi) is 8.89. The van der Waals surface area contributed by atoms with E-state index in [1.54, 1.807) is 26.0 Å². The van der Waals surface area contributed by atoms with Crippen molar-refractivity contribution in [3.05, 3.63) is 130 Å². The predicted molar refractivity (Wildman–Crippen MR) is 200 cm³/mol. The number of rotatable bonds is 7. The summed E-state index contributed by atoms with van der Waals surface area (Å²) in [6, 6.07) is 22.0. The second kappa shape index (κ2) is 13.1. The van der Waals surface area contributed by atoms with Crippen LogP contribution in [0.15, 0.2) is 96.7 Å². The summed E-state index contributed by atoms with van der Waals surface area (Å²) in [5.74, 6) is -3.09. The summed E-state index contributed by atoms with van der Waals surface area (Å²) in [6.45, 7) is 11.0. The highest BCUT2D eigenvalue weighted by Crippen LogP contribution is 2.53. The molecule has 0 saturated heterocycles. The monoisotopic (exact) mass is 668 g/mol. The number of aryl methyl sites for hydroxylation is 2. The van der Waals surface area contributed by atoms with Gasteiger partial charge in [0.2, 0.25) is 11.6 Å². The number of phenols is 2. The highest BCUT2D eigenvalue weighted by atomic mass is 16.3. The number of carbonyl (C=O) groups is 2. The van der Waals surface area contributed by atoms with Crippen LogP contribution in [-0.2, 0) is 9.59 Å². The van der Waals surface area contributed by atoms with Crippen LogP contribution in [0.2, 0.25) is 0 Å². The first kappa shape index (κ1) is 33.9. The number of ketones is 2. The number of hydrogen-bond donors (Lipinski definition) is 6. The van der Waals surface area contributed by atoms with Gasteiger partial charge in [0.05, 0.1) is 11.1 Å². The average molecular weight is 669 g/mol. The number of anilines is 2. The summed E-state index contributed by atoms with van der Waals surface area (Å²) in [5.41, 5.74) is 5.47. The number of hydrogen-bond acceptors (Lipinski definition) is 8. The first-order valence-electron chi connectivity index (χ1n) is 16.6. The van der Waals surface area contributed by atoms with Crippen molar-refractivity contribution in [1.82, 2.24) is 0 Å². The van der Waals surface area contributed by atoms with Crippen LogP contribution in [0.1, 0.15) is 61.1 Å². The minimum absolute atomic E-state index is 0.0531. The van der Waals surface area contributed by atoms with Crippen LogP contribution in [0.5, 0.6) is 11.5 Å². The number of aliphatic hydroxyl groups is 2. The van der Waals surface area contributed by atoms with Gasteiger partial charge >= 0.3 is 0 Å². The third-order valence-corrected chi connectivity index (χ3v) is 9.26. The zero-order chi connectivity index (χ0) is 36.0. The molecule has 2 aliphatic carbocycles. The maximum atomic E-state index is 13.8. The molecule has 6 N–H and O–H groups in total. The molecule has 0 spiro atoms. The Morgan fingerprint density at radius 1 is 0.540 bits per heavy atom. The van der Waals surface area contributed by atoms with Crippen LogP contribution >= 0.6 is 0 Å². The molecule has 0 saturated carbocycles. The molecule has 0 heterocycles. The molecular weight excluding hydrogens is 628 g/mol. The van der Waals surface area contributed by atoms with Crippen molar-refractivity contribution in [3.8, 4) is 22.6 Å². The van der Waals surface area contributed by atoms with Gasteiger partial charge in [-0.2, -0.15) is 0 Å². The van der Waals surface area contributed by atoms with E-state index >= 15 is 0 Å². The number of fused-ring (bicyclic) bond motifs is 2. The smallest absolute Gasteiger partial charge is 0.229 e. The van der Waals surface area contributed by atoms with Gasteiger partial charge in [-0.05, 0) is 72.2 Å². The Hall–Kier alpha value is -6.02. The summed E-state index contributed by atoms with van der Waals surface area (Å²) >= 11 is 0. The number of carbonyl (C=O) groups excluding carboxylic acids is 2. The third-order valence-electron chi connectivity index (χ3n) is 9.26. The molecule has 0 aliphatic heterocycles. The van der Waals surface area contributed by atoms with E-state index < -0.39 is 11.6 Å². The molecule has 0 fully saturated rings. The summed E-state index contributed by atoms with van der Waals surface area (Å²) < 4.78 is 0. The number of nitrogens with one attached hydrogen (secondary N) is 2. The number of aromatic hydroxyl groups is 2. The van der Waals surface area contributed by atoms with Crippen molar-refractivity contribution < 1.29 is 30.0 Å². The zero-order valence-electron chi connectivity index (χ0n) is 28.8. The van der Waals surface area contributed by atoms with Crippen LogP contribution in [0.4, 0.5) is 11.4 Å². The summed E-state index contributed by atoms with van der Waals surface area (Å²) in [7, 11) is 0. The number of aliphatic hydroxyl groups excluding tert-OH is 2. The van der Waals surface area contributed by atoms with Gasteiger partial charge in [-0.15, -0.1) is 0 Å².